The van der Waals surface area contributed by atoms with Gasteiger partial charge in [0.25, 0.3) is 0 Å². The maximum absolute atomic E-state index is 12.8. The fraction of sp³-hybridized carbons (Fsp3) is 0.733. The highest BCUT2D eigenvalue weighted by atomic mass is 16.5. The lowest BCUT2D eigenvalue weighted by atomic mass is 9.78. The minimum Gasteiger partial charge on any atom is -0.478 e. The third kappa shape index (κ3) is 5.15. The zero-order valence-corrected chi connectivity index (χ0v) is 23.7. The van der Waals surface area contributed by atoms with Gasteiger partial charge in [-0.05, 0) is 68.6 Å². The number of carbonyl (C=O) groups excluding carboxylic acids is 1. The largest absolute Gasteiger partial charge is 0.478 e. The quantitative estimate of drug-likeness (QED) is 0.230. The number of aliphatic carboxylic acids is 3. The predicted molar refractivity (Wildman–Crippen MR) is 141 cm³/mol. The van der Waals surface area contributed by atoms with E-state index in [9.17, 15) is 24.3 Å². The molecule has 0 aromatic heterocycles. The van der Waals surface area contributed by atoms with Crippen molar-refractivity contribution in [2.24, 2.45) is 28.1 Å². The summed E-state index contributed by atoms with van der Waals surface area (Å²) in [6, 6.07) is 0. The molecule has 4 bridgehead atoms. The highest BCUT2D eigenvalue weighted by Gasteiger charge is 2.59. The van der Waals surface area contributed by atoms with Crippen molar-refractivity contribution in [3.63, 3.8) is 0 Å². The Kier molecular flexibility index (Phi) is 8.54. The van der Waals surface area contributed by atoms with Gasteiger partial charge in [0.15, 0.2) is 0 Å². The van der Waals surface area contributed by atoms with E-state index in [0.717, 1.165) is 64.2 Å². The fourth-order valence-corrected chi connectivity index (χ4v) is 7.77. The highest BCUT2D eigenvalue weighted by molar-refractivity contribution is 6.03. The van der Waals surface area contributed by atoms with Gasteiger partial charge >= 0.3 is 23.9 Å². The Morgan fingerprint density at radius 2 is 1.32 bits per heavy atom. The van der Waals surface area contributed by atoms with E-state index in [1.165, 1.54) is 0 Å². The van der Waals surface area contributed by atoms with Crippen LogP contribution in [0.1, 0.15) is 106 Å². The second-order valence-electron chi connectivity index (χ2n) is 12.7. The molecule has 212 valence electrons. The molecular formula is C30H44O8. The van der Waals surface area contributed by atoms with Gasteiger partial charge in [0.2, 0.25) is 0 Å². The van der Waals surface area contributed by atoms with Crippen LogP contribution in [0, 0.1) is 28.1 Å². The molecule has 2 saturated carbocycles. The van der Waals surface area contributed by atoms with Gasteiger partial charge in [0.1, 0.15) is 6.10 Å². The van der Waals surface area contributed by atoms with Crippen molar-refractivity contribution >= 4 is 23.9 Å². The van der Waals surface area contributed by atoms with Crippen LogP contribution in [-0.4, -0.2) is 45.3 Å². The molecule has 0 radical (unpaired) electrons. The number of fused-ring (bicyclic) bond motifs is 4. The second kappa shape index (κ2) is 10.9. The van der Waals surface area contributed by atoms with Gasteiger partial charge in [-0.1, -0.05) is 54.4 Å². The SMILES string of the molecule is CC1(C)C2CCC1C(C(=O)O)=C2C(=O)O.CCCCCC(CC)OC(=O)C1=C(C(=O)O)C2(C)CCC1(C)C2. The average molecular weight is 533 g/mol. The van der Waals surface area contributed by atoms with Gasteiger partial charge in [-0.15, -0.1) is 0 Å². The minimum absolute atomic E-state index is 0.0916. The first-order valence-corrected chi connectivity index (χ1v) is 14.0. The molecule has 0 heterocycles. The second-order valence-corrected chi connectivity index (χ2v) is 12.7. The molecule has 8 heteroatoms. The Balaban J connectivity index is 0.000000230. The van der Waals surface area contributed by atoms with E-state index in [-0.39, 0.29) is 45.3 Å². The molecule has 8 nitrogen and oxygen atoms in total. The number of carboxylic acid groups (broad SMARTS) is 3. The van der Waals surface area contributed by atoms with Crippen LogP contribution in [0.3, 0.4) is 0 Å². The molecule has 0 spiro atoms. The lowest BCUT2D eigenvalue weighted by Gasteiger charge is -2.28. The molecule has 3 N–H and O–H groups in total. The van der Waals surface area contributed by atoms with Crippen LogP contribution in [0.2, 0.25) is 0 Å². The summed E-state index contributed by atoms with van der Waals surface area (Å²) in [6.45, 7) is 12.1. The van der Waals surface area contributed by atoms with E-state index >= 15 is 0 Å². The Morgan fingerprint density at radius 1 is 0.816 bits per heavy atom. The van der Waals surface area contributed by atoms with Crippen LogP contribution in [-0.2, 0) is 23.9 Å². The molecule has 0 aromatic carbocycles. The van der Waals surface area contributed by atoms with E-state index < -0.39 is 23.9 Å². The number of rotatable bonds is 10. The van der Waals surface area contributed by atoms with Crippen molar-refractivity contribution in [3.8, 4) is 0 Å². The maximum atomic E-state index is 12.8. The Morgan fingerprint density at radius 3 is 1.74 bits per heavy atom. The predicted octanol–water partition coefficient (Wildman–Crippen LogP) is 6.00. The molecule has 5 unspecified atom stereocenters. The molecular weight excluding hydrogens is 488 g/mol. The molecule has 5 atom stereocenters. The third-order valence-corrected chi connectivity index (χ3v) is 9.73. The van der Waals surface area contributed by atoms with Crippen LogP contribution >= 0.6 is 0 Å². The summed E-state index contributed by atoms with van der Waals surface area (Å²) in [4.78, 5) is 46.7. The van der Waals surface area contributed by atoms with Crippen molar-refractivity contribution in [1.82, 2.24) is 0 Å². The zero-order valence-electron chi connectivity index (χ0n) is 23.7. The topological polar surface area (TPSA) is 138 Å². The molecule has 38 heavy (non-hydrogen) atoms. The average Bonchev–Trinajstić information content (AvgIpc) is 3.46. The number of esters is 1. The van der Waals surface area contributed by atoms with Crippen molar-refractivity contribution in [3.05, 3.63) is 22.3 Å². The molecule has 4 rings (SSSR count). The smallest absolute Gasteiger partial charge is 0.335 e. The first-order chi connectivity index (χ1) is 17.6. The van der Waals surface area contributed by atoms with E-state index in [1.807, 2.05) is 34.6 Å². The number of hydrogen-bond donors (Lipinski definition) is 3. The molecule has 4 aliphatic carbocycles. The van der Waals surface area contributed by atoms with Gasteiger partial charge < -0.3 is 20.1 Å². The van der Waals surface area contributed by atoms with Crippen molar-refractivity contribution in [2.45, 2.75) is 112 Å². The van der Waals surface area contributed by atoms with Crippen LogP contribution in [0.5, 0.6) is 0 Å². The summed E-state index contributed by atoms with van der Waals surface area (Å²) < 4.78 is 5.71. The van der Waals surface area contributed by atoms with Crippen molar-refractivity contribution in [2.75, 3.05) is 0 Å². The van der Waals surface area contributed by atoms with Crippen LogP contribution in [0.25, 0.3) is 0 Å². The number of hydrogen-bond acceptors (Lipinski definition) is 5. The maximum Gasteiger partial charge on any atom is 0.335 e. The molecule has 2 fully saturated rings. The monoisotopic (exact) mass is 532 g/mol. The number of carbonyl (C=O) groups is 4. The van der Waals surface area contributed by atoms with E-state index in [0.29, 0.717) is 11.1 Å². The van der Waals surface area contributed by atoms with E-state index in [1.54, 1.807) is 0 Å². The Hall–Kier alpha value is -2.64. The summed E-state index contributed by atoms with van der Waals surface area (Å²) in [5.74, 6) is -3.66. The van der Waals surface area contributed by atoms with Crippen molar-refractivity contribution < 1.29 is 39.2 Å². The third-order valence-electron chi connectivity index (χ3n) is 9.73. The normalized spacial score (nSPS) is 31.2. The van der Waals surface area contributed by atoms with Crippen LogP contribution < -0.4 is 0 Å². The van der Waals surface area contributed by atoms with Gasteiger partial charge in [0.05, 0.1) is 22.3 Å². The lowest BCUT2D eigenvalue weighted by molar-refractivity contribution is -0.147. The first-order valence-electron chi connectivity index (χ1n) is 14.0. The minimum atomic E-state index is -1.06. The highest BCUT2D eigenvalue weighted by Crippen LogP contribution is 2.64. The van der Waals surface area contributed by atoms with Crippen molar-refractivity contribution in [1.29, 1.82) is 0 Å². The Bertz CT molecular complexity index is 1030. The number of unbranched alkanes of at least 4 members (excludes halogenated alkanes) is 2. The van der Waals surface area contributed by atoms with Gasteiger partial charge in [-0.25, -0.2) is 19.2 Å². The summed E-state index contributed by atoms with van der Waals surface area (Å²) in [7, 11) is 0. The molecule has 0 amide bonds. The zero-order chi connectivity index (χ0) is 28.6. The van der Waals surface area contributed by atoms with E-state index in [4.69, 9.17) is 14.9 Å². The van der Waals surface area contributed by atoms with Crippen LogP contribution in [0.15, 0.2) is 22.3 Å². The first kappa shape index (κ1) is 29.9. The van der Waals surface area contributed by atoms with Crippen LogP contribution in [0.4, 0.5) is 0 Å². The number of carboxylic acids is 3. The molecule has 0 saturated heterocycles. The molecule has 4 aliphatic rings. The van der Waals surface area contributed by atoms with Gasteiger partial charge in [-0.2, -0.15) is 0 Å². The fourth-order valence-electron chi connectivity index (χ4n) is 7.77. The molecule has 0 aromatic rings. The summed E-state index contributed by atoms with van der Waals surface area (Å²) >= 11 is 0. The van der Waals surface area contributed by atoms with Gasteiger partial charge in [0, 0.05) is 10.8 Å². The van der Waals surface area contributed by atoms with Gasteiger partial charge in [-0.3, -0.25) is 0 Å². The summed E-state index contributed by atoms with van der Waals surface area (Å²) in [5.41, 5.74) is 0.113. The Labute approximate surface area is 225 Å². The number of ether oxygens (including phenoxy) is 1. The summed E-state index contributed by atoms with van der Waals surface area (Å²) in [5, 5.41) is 27.8. The summed E-state index contributed by atoms with van der Waals surface area (Å²) in [6.07, 6.45) is 8.91. The standard InChI is InChI=1S/C19H30O4.C11H14O4/c1-5-7-8-9-13(6-2)23-17(22)15-14(16(20)21)18(3)10-11-19(15,4)12-18;1-11(2)5-3-4-6(11)8(10(14)15)7(5)9(12)13/h13H,5-12H2,1-4H3,(H,20,21);5-6H,3-4H2,1-2H3,(H,12,13)(H,14,15). The van der Waals surface area contributed by atoms with E-state index in [2.05, 4.69) is 6.92 Å². The molecule has 0 aliphatic heterocycles. The lowest BCUT2D eigenvalue weighted by Crippen LogP contribution is -2.29.